The molecule has 0 aliphatic heterocycles. The van der Waals surface area contributed by atoms with Gasteiger partial charge < -0.3 is 19.9 Å². The van der Waals surface area contributed by atoms with Crippen LogP contribution in [0.3, 0.4) is 0 Å². The molecule has 5 nitrogen and oxygen atoms in total. The van der Waals surface area contributed by atoms with Crippen molar-refractivity contribution in [1.82, 2.24) is 5.32 Å². The Kier molecular flexibility index (Phi) is 7.02. The van der Waals surface area contributed by atoms with E-state index in [9.17, 15) is 9.90 Å². The first-order chi connectivity index (χ1) is 10.1. The maximum Gasteiger partial charge on any atom is 0.323 e. The maximum atomic E-state index is 11.3. The van der Waals surface area contributed by atoms with Crippen LogP contribution in [0.5, 0.6) is 11.5 Å². The van der Waals surface area contributed by atoms with Gasteiger partial charge in [0.1, 0.15) is 17.0 Å². The van der Waals surface area contributed by atoms with E-state index in [0.717, 1.165) is 11.5 Å². The number of benzene rings is 1. The van der Waals surface area contributed by atoms with Crippen LogP contribution in [0.25, 0.3) is 0 Å². The standard InChI is InChI=1S/C16H25NO4/c1-4-16(17-3,15(18)19)10-7-11-21-14-9-6-8-13(12-14)20-5-2/h6,8-9,12,17H,4-5,7,10-11H2,1-3H3,(H,18,19). The molecule has 0 heterocycles. The summed E-state index contributed by atoms with van der Waals surface area (Å²) in [6.07, 6.45) is 1.74. The van der Waals surface area contributed by atoms with Crippen molar-refractivity contribution in [2.24, 2.45) is 0 Å². The minimum atomic E-state index is -0.865. The molecular weight excluding hydrogens is 270 g/mol. The molecule has 0 bridgehead atoms. The van der Waals surface area contributed by atoms with Gasteiger partial charge >= 0.3 is 5.97 Å². The molecule has 1 unspecified atom stereocenters. The van der Waals surface area contributed by atoms with Crippen LogP contribution < -0.4 is 14.8 Å². The molecule has 0 aliphatic rings. The first kappa shape index (κ1) is 17.3. The zero-order valence-electron chi connectivity index (χ0n) is 13.0. The highest BCUT2D eigenvalue weighted by atomic mass is 16.5. The van der Waals surface area contributed by atoms with Gasteiger partial charge in [0.15, 0.2) is 0 Å². The van der Waals surface area contributed by atoms with E-state index in [1.807, 2.05) is 38.1 Å². The highest BCUT2D eigenvalue weighted by Crippen LogP contribution is 2.21. The van der Waals surface area contributed by atoms with Gasteiger partial charge in [0.2, 0.25) is 0 Å². The molecule has 0 radical (unpaired) electrons. The normalized spacial score (nSPS) is 13.5. The van der Waals surface area contributed by atoms with E-state index in [2.05, 4.69) is 5.32 Å². The number of nitrogens with one attached hydrogen (secondary N) is 1. The fourth-order valence-electron chi connectivity index (χ4n) is 2.23. The van der Waals surface area contributed by atoms with Gasteiger partial charge in [-0.25, -0.2) is 0 Å². The molecule has 1 rings (SSSR count). The number of likely N-dealkylation sites (N-methyl/N-ethyl adjacent to an activating group) is 1. The Bertz CT molecular complexity index is 444. The predicted molar refractivity (Wildman–Crippen MR) is 82.1 cm³/mol. The average Bonchev–Trinajstić information content (AvgIpc) is 2.48. The summed E-state index contributed by atoms with van der Waals surface area (Å²) in [5.74, 6) is 0.701. The molecule has 0 aromatic heterocycles. The lowest BCUT2D eigenvalue weighted by Crippen LogP contribution is -2.50. The number of ether oxygens (including phenoxy) is 2. The molecule has 1 atom stereocenters. The molecule has 1 aromatic rings. The molecule has 0 saturated carbocycles. The minimum absolute atomic E-state index is 0.478. The second kappa shape index (κ2) is 8.52. The van der Waals surface area contributed by atoms with Gasteiger partial charge in [-0.2, -0.15) is 0 Å². The quantitative estimate of drug-likeness (QED) is 0.650. The number of carboxylic acids is 1. The molecule has 21 heavy (non-hydrogen) atoms. The van der Waals surface area contributed by atoms with E-state index in [1.165, 1.54) is 0 Å². The average molecular weight is 295 g/mol. The molecule has 1 aromatic carbocycles. The Morgan fingerprint density at radius 3 is 2.48 bits per heavy atom. The molecule has 118 valence electrons. The lowest BCUT2D eigenvalue weighted by Gasteiger charge is -2.27. The number of hydrogen-bond donors (Lipinski definition) is 2. The fourth-order valence-corrected chi connectivity index (χ4v) is 2.23. The summed E-state index contributed by atoms with van der Waals surface area (Å²) in [6.45, 7) is 4.90. The first-order valence-electron chi connectivity index (χ1n) is 7.36. The second-order valence-electron chi connectivity index (χ2n) is 4.85. The fraction of sp³-hybridized carbons (Fsp3) is 0.562. The maximum absolute atomic E-state index is 11.3. The van der Waals surface area contributed by atoms with Crippen LogP contribution in [0.15, 0.2) is 24.3 Å². The van der Waals surface area contributed by atoms with Crippen molar-refractivity contribution in [1.29, 1.82) is 0 Å². The van der Waals surface area contributed by atoms with Gasteiger partial charge in [-0.1, -0.05) is 13.0 Å². The summed E-state index contributed by atoms with van der Waals surface area (Å²) < 4.78 is 11.1. The topological polar surface area (TPSA) is 67.8 Å². The van der Waals surface area contributed by atoms with Crippen LogP contribution in [-0.4, -0.2) is 36.9 Å². The Hall–Kier alpha value is -1.75. The summed E-state index contributed by atoms with van der Waals surface area (Å²) in [7, 11) is 1.68. The Morgan fingerprint density at radius 1 is 1.29 bits per heavy atom. The Morgan fingerprint density at radius 2 is 1.95 bits per heavy atom. The number of carbonyl (C=O) groups is 1. The molecule has 2 N–H and O–H groups in total. The van der Waals surface area contributed by atoms with Gasteiger partial charge in [-0.15, -0.1) is 0 Å². The molecule has 0 aliphatic carbocycles. The second-order valence-corrected chi connectivity index (χ2v) is 4.85. The highest BCUT2D eigenvalue weighted by molar-refractivity contribution is 5.78. The first-order valence-corrected chi connectivity index (χ1v) is 7.36. The summed E-state index contributed by atoms with van der Waals surface area (Å²) in [5, 5.41) is 12.2. The van der Waals surface area contributed by atoms with E-state index in [1.54, 1.807) is 7.05 Å². The van der Waals surface area contributed by atoms with Gasteiger partial charge in [-0.05, 0) is 45.4 Å². The van der Waals surface area contributed by atoms with Crippen LogP contribution in [0.4, 0.5) is 0 Å². The largest absolute Gasteiger partial charge is 0.494 e. The van der Waals surface area contributed by atoms with Crippen molar-refractivity contribution in [2.75, 3.05) is 20.3 Å². The molecule has 0 saturated heterocycles. The van der Waals surface area contributed by atoms with Crippen LogP contribution in [0, 0.1) is 0 Å². The van der Waals surface area contributed by atoms with Gasteiger partial charge in [0.25, 0.3) is 0 Å². The van der Waals surface area contributed by atoms with Crippen LogP contribution in [0.2, 0.25) is 0 Å². The van der Waals surface area contributed by atoms with Crippen molar-refractivity contribution in [3.8, 4) is 11.5 Å². The lowest BCUT2D eigenvalue weighted by molar-refractivity contribution is -0.145. The third kappa shape index (κ3) is 4.93. The van der Waals surface area contributed by atoms with Gasteiger partial charge in [-0.3, -0.25) is 4.79 Å². The van der Waals surface area contributed by atoms with Crippen LogP contribution in [-0.2, 0) is 4.79 Å². The van der Waals surface area contributed by atoms with Gasteiger partial charge in [0, 0.05) is 6.07 Å². The van der Waals surface area contributed by atoms with E-state index in [-0.39, 0.29) is 0 Å². The molecule has 5 heteroatoms. The van der Waals surface area contributed by atoms with Crippen molar-refractivity contribution in [3.63, 3.8) is 0 Å². The lowest BCUT2D eigenvalue weighted by atomic mass is 9.91. The molecule has 0 amide bonds. The van der Waals surface area contributed by atoms with Crippen molar-refractivity contribution >= 4 is 5.97 Å². The monoisotopic (exact) mass is 295 g/mol. The van der Waals surface area contributed by atoms with Crippen LogP contribution in [0.1, 0.15) is 33.1 Å². The smallest absolute Gasteiger partial charge is 0.323 e. The van der Waals surface area contributed by atoms with E-state index >= 15 is 0 Å². The molecule has 0 spiro atoms. The highest BCUT2D eigenvalue weighted by Gasteiger charge is 2.34. The van der Waals surface area contributed by atoms with Crippen LogP contribution >= 0.6 is 0 Å². The van der Waals surface area contributed by atoms with E-state index in [0.29, 0.717) is 32.5 Å². The summed E-state index contributed by atoms with van der Waals surface area (Å²) in [5.41, 5.74) is -0.865. The number of carboxylic acid groups (broad SMARTS) is 1. The SMILES string of the molecule is CCOc1cccc(OCCCC(CC)(NC)C(=O)O)c1. The Labute approximate surface area is 126 Å². The third-order valence-electron chi connectivity index (χ3n) is 3.62. The number of aliphatic carboxylic acids is 1. The zero-order valence-corrected chi connectivity index (χ0v) is 13.0. The Balaban J connectivity index is 2.46. The summed E-state index contributed by atoms with van der Waals surface area (Å²) >= 11 is 0. The number of hydrogen-bond acceptors (Lipinski definition) is 4. The van der Waals surface area contributed by atoms with E-state index in [4.69, 9.17) is 9.47 Å². The molecule has 0 fully saturated rings. The summed E-state index contributed by atoms with van der Waals surface area (Å²) in [4.78, 5) is 11.3. The van der Waals surface area contributed by atoms with Crippen molar-refractivity contribution in [2.45, 2.75) is 38.6 Å². The third-order valence-corrected chi connectivity index (χ3v) is 3.62. The number of rotatable bonds is 10. The zero-order chi connectivity index (χ0) is 15.7. The van der Waals surface area contributed by atoms with Crippen molar-refractivity contribution in [3.05, 3.63) is 24.3 Å². The molecular formula is C16H25NO4. The minimum Gasteiger partial charge on any atom is -0.494 e. The summed E-state index contributed by atoms with van der Waals surface area (Å²) in [6, 6.07) is 7.46. The van der Waals surface area contributed by atoms with Crippen molar-refractivity contribution < 1.29 is 19.4 Å². The predicted octanol–water partition coefficient (Wildman–Crippen LogP) is 2.70. The van der Waals surface area contributed by atoms with E-state index < -0.39 is 11.5 Å². The van der Waals surface area contributed by atoms with Gasteiger partial charge in [0.05, 0.1) is 13.2 Å².